The van der Waals surface area contributed by atoms with Gasteiger partial charge in [0, 0.05) is 19.7 Å². The number of nitrogens with one attached hydrogen (secondary N) is 1. The zero-order valence-electron chi connectivity index (χ0n) is 12.1. The molecule has 0 spiro atoms. The molecule has 0 bridgehead atoms. The summed E-state index contributed by atoms with van der Waals surface area (Å²) in [6, 6.07) is -0.127. The lowest BCUT2D eigenvalue weighted by Gasteiger charge is -2.32. The Kier molecular flexibility index (Phi) is 7.32. The largest absolute Gasteiger partial charge is 0.480 e. The predicted molar refractivity (Wildman–Crippen MR) is 72.7 cm³/mol. The number of urea groups is 1. The number of hydrogen-bond donors (Lipinski definition) is 2. The van der Waals surface area contributed by atoms with Crippen molar-refractivity contribution in [2.75, 3.05) is 32.9 Å². The first-order valence-electron chi connectivity index (χ1n) is 6.99. The molecule has 20 heavy (non-hydrogen) atoms. The highest BCUT2D eigenvalue weighted by Crippen LogP contribution is 2.13. The molecule has 1 fully saturated rings. The van der Waals surface area contributed by atoms with Crippen LogP contribution in [0.15, 0.2) is 0 Å². The van der Waals surface area contributed by atoms with E-state index in [1.165, 1.54) is 0 Å². The molecule has 0 saturated carbocycles. The highest BCUT2D eigenvalue weighted by molar-refractivity contribution is 5.74. The lowest BCUT2D eigenvalue weighted by molar-refractivity contribution is -0.145. The Morgan fingerprint density at radius 3 is 2.60 bits per heavy atom. The van der Waals surface area contributed by atoms with Crippen molar-refractivity contribution < 1.29 is 24.2 Å². The van der Waals surface area contributed by atoms with Gasteiger partial charge in [0.05, 0.1) is 18.8 Å². The zero-order chi connectivity index (χ0) is 15.0. The fourth-order valence-electron chi connectivity index (χ4n) is 2.05. The van der Waals surface area contributed by atoms with E-state index in [9.17, 15) is 9.59 Å². The molecule has 1 aliphatic heterocycles. The van der Waals surface area contributed by atoms with E-state index in [0.717, 1.165) is 0 Å². The van der Waals surface area contributed by atoms with Gasteiger partial charge in [-0.2, -0.15) is 0 Å². The van der Waals surface area contributed by atoms with Crippen molar-refractivity contribution in [3.8, 4) is 0 Å². The molecule has 116 valence electrons. The lowest BCUT2D eigenvalue weighted by atomic mass is 10.1. The number of likely N-dealkylation sites (tertiary alicyclic amines) is 1. The van der Waals surface area contributed by atoms with Crippen LogP contribution in [0.1, 0.15) is 26.7 Å². The molecule has 1 saturated heterocycles. The van der Waals surface area contributed by atoms with Gasteiger partial charge in [-0.1, -0.05) is 0 Å². The molecule has 0 radical (unpaired) electrons. The number of carbonyl (C=O) groups excluding carboxylic acids is 1. The number of ether oxygens (including phenoxy) is 2. The summed E-state index contributed by atoms with van der Waals surface area (Å²) < 4.78 is 10.5. The van der Waals surface area contributed by atoms with Crippen molar-refractivity contribution in [1.29, 1.82) is 0 Å². The van der Waals surface area contributed by atoms with Crippen molar-refractivity contribution in [2.24, 2.45) is 0 Å². The molecule has 0 aromatic rings. The zero-order valence-corrected chi connectivity index (χ0v) is 12.1. The van der Waals surface area contributed by atoms with Gasteiger partial charge in [-0.05, 0) is 26.7 Å². The summed E-state index contributed by atoms with van der Waals surface area (Å²) in [6.07, 6.45) is 1.26. The summed E-state index contributed by atoms with van der Waals surface area (Å²) in [6.45, 7) is 5.83. The van der Waals surface area contributed by atoms with Gasteiger partial charge in [-0.3, -0.25) is 0 Å². The van der Waals surface area contributed by atoms with E-state index < -0.39 is 5.97 Å². The van der Waals surface area contributed by atoms with Crippen molar-refractivity contribution in [2.45, 2.75) is 38.8 Å². The topological polar surface area (TPSA) is 88.1 Å². The second-order valence-electron chi connectivity index (χ2n) is 4.90. The minimum atomic E-state index is -0.963. The van der Waals surface area contributed by atoms with Crippen LogP contribution in [0.2, 0.25) is 0 Å². The first-order valence-corrected chi connectivity index (χ1v) is 6.99. The minimum Gasteiger partial charge on any atom is -0.480 e. The first kappa shape index (κ1) is 16.7. The maximum Gasteiger partial charge on any atom is 0.329 e. The van der Waals surface area contributed by atoms with Gasteiger partial charge in [0.25, 0.3) is 0 Å². The second kappa shape index (κ2) is 8.76. The average molecular weight is 288 g/mol. The molecule has 1 rings (SSSR count). The third-order valence-electron chi connectivity index (χ3n) is 3.11. The molecule has 1 aliphatic rings. The van der Waals surface area contributed by atoms with Crippen LogP contribution in [-0.4, -0.2) is 67.1 Å². The Labute approximate surface area is 119 Å². The summed E-state index contributed by atoms with van der Waals surface area (Å²) in [4.78, 5) is 24.1. The Morgan fingerprint density at radius 1 is 1.40 bits per heavy atom. The third kappa shape index (κ3) is 6.21. The van der Waals surface area contributed by atoms with Crippen LogP contribution in [0.5, 0.6) is 0 Å². The number of amides is 2. The molecule has 7 heteroatoms. The number of piperidine rings is 1. The Morgan fingerprint density at radius 2 is 2.05 bits per heavy atom. The van der Waals surface area contributed by atoms with Gasteiger partial charge in [-0.15, -0.1) is 0 Å². The van der Waals surface area contributed by atoms with Crippen LogP contribution in [0.25, 0.3) is 0 Å². The molecule has 0 aromatic heterocycles. The van der Waals surface area contributed by atoms with E-state index in [1.54, 1.807) is 4.90 Å². The summed E-state index contributed by atoms with van der Waals surface area (Å²) in [5.41, 5.74) is 0. The highest BCUT2D eigenvalue weighted by Gasteiger charge is 2.24. The highest BCUT2D eigenvalue weighted by atomic mass is 16.5. The van der Waals surface area contributed by atoms with Crippen molar-refractivity contribution in [3.63, 3.8) is 0 Å². The van der Waals surface area contributed by atoms with Gasteiger partial charge in [0.2, 0.25) is 0 Å². The predicted octanol–water partition coefficient (Wildman–Crippen LogP) is 0.687. The number of carboxylic acids is 1. The molecular formula is C13H24N2O5. The smallest absolute Gasteiger partial charge is 0.329 e. The molecule has 2 amide bonds. The number of hydrogen-bond acceptors (Lipinski definition) is 4. The molecular weight excluding hydrogens is 264 g/mol. The fourth-order valence-corrected chi connectivity index (χ4v) is 2.05. The molecule has 0 aliphatic carbocycles. The molecule has 2 N–H and O–H groups in total. The van der Waals surface area contributed by atoms with Crippen LogP contribution in [0.4, 0.5) is 4.79 Å². The molecule has 1 unspecified atom stereocenters. The third-order valence-corrected chi connectivity index (χ3v) is 3.11. The Hall–Kier alpha value is -1.34. The van der Waals surface area contributed by atoms with E-state index in [1.807, 2.05) is 13.8 Å². The van der Waals surface area contributed by atoms with Gasteiger partial charge in [0.15, 0.2) is 0 Å². The summed E-state index contributed by atoms with van der Waals surface area (Å²) in [5.74, 6) is -0.963. The van der Waals surface area contributed by atoms with Crippen LogP contribution in [0, 0.1) is 0 Å². The van der Waals surface area contributed by atoms with Gasteiger partial charge < -0.3 is 24.8 Å². The minimum absolute atomic E-state index is 0.0246. The van der Waals surface area contributed by atoms with Crippen molar-refractivity contribution >= 4 is 12.0 Å². The Bertz CT molecular complexity index is 316. The summed E-state index contributed by atoms with van der Waals surface area (Å²) in [7, 11) is 0. The molecule has 7 nitrogen and oxygen atoms in total. The number of nitrogens with zero attached hydrogens (tertiary/aromatic N) is 1. The van der Waals surface area contributed by atoms with E-state index in [4.69, 9.17) is 14.6 Å². The maximum atomic E-state index is 12.0. The number of carbonyl (C=O) groups is 2. The van der Waals surface area contributed by atoms with Crippen molar-refractivity contribution in [1.82, 2.24) is 10.2 Å². The number of rotatable bonds is 7. The molecule has 1 atom stereocenters. The number of carboxylic acid groups (broad SMARTS) is 1. The monoisotopic (exact) mass is 288 g/mol. The van der Waals surface area contributed by atoms with Gasteiger partial charge in [-0.25, -0.2) is 9.59 Å². The van der Waals surface area contributed by atoms with E-state index in [2.05, 4.69) is 5.32 Å². The quantitative estimate of drug-likeness (QED) is 0.719. The van der Waals surface area contributed by atoms with Crippen molar-refractivity contribution in [3.05, 3.63) is 0 Å². The van der Waals surface area contributed by atoms with E-state index in [0.29, 0.717) is 39.1 Å². The normalized spacial score (nSPS) is 17.8. The maximum absolute atomic E-state index is 12.0. The SMILES string of the molecule is CCOCC(C)NC(=O)N1CCC(OCC(=O)O)CC1. The van der Waals surface area contributed by atoms with Crippen LogP contribution >= 0.6 is 0 Å². The van der Waals surface area contributed by atoms with Crippen LogP contribution in [-0.2, 0) is 14.3 Å². The number of aliphatic carboxylic acids is 1. The average Bonchev–Trinajstić information content (AvgIpc) is 2.43. The fraction of sp³-hybridized carbons (Fsp3) is 0.846. The van der Waals surface area contributed by atoms with Gasteiger partial charge in [0.1, 0.15) is 6.61 Å². The Balaban J connectivity index is 2.23. The molecule has 0 aromatic carbocycles. The van der Waals surface area contributed by atoms with E-state index in [-0.39, 0.29) is 24.8 Å². The first-order chi connectivity index (χ1) is 9.52. The summed E-state index contributed by atoms with van der Waals surface area (Å²) >= 11 is 0. The summed E-state index contributed by atoms with van der Waals surface area (Å²) in [5, 5.41) is 11.4. The van der Waals surface area contributed by atoms with Gasteiger partial charge >= 0.3 is 12.0 Å². The second-order valence-corrected chi connectivity index (χ2v) is 4.90. The van der Waals surface area contributed by atoms with Crippen LogP contribution in [0.3, 0.4) is 0 Å². The standard InChI is InChI=1S/C13H24N2O5/c1-3-19-8-10(2)14-13(18)15-6-4-11(5-7-15)20-9-12(16)17/h10-11H,3-9H2,1-2H3,(H,14,18)(H,16,17). The van der Waals surface area contributed by atoms with E-state index >= 15 is 0 Å². The molecule has 1 heterocycles. The lowest BCUT2D eigenvalue weighted by Crippen LogP contribution is -2.49. The van der Waals surface area contributed by atoms with Crippen LogP contribution < -0.4 is 5.32 Å².